The Hall–Kier alpha value is -1.23. The first kappa shape index (κ1) is 7.87. The summed E-state index contributed by atoms with van der Waals surface area (Å²) < 4.78 is 1.01. The molecule has 6 heteroatoms. The smallest absolute Gasteiger partial charge is 0.355 e. The Morgan fingerprint density at radius 3 is 2.45 bits per heavy atom. The fourth-order valence-electron chi connectivity index (χ4n) is 0.663. The van der Waals surface area contributed by atoms with Gasteiger partial charge in [-0.2, -0.15) is 0 Å². The third-order valence-electron chi connectivity index (χ3n) is 1.21. The highest BCUT2D eigenvalue weighted by atomic mass is 35.5. The Kier molecular flexibility index (Phi) is 1.74. The second-order valence-corrected chi connectivity index (χ2v) is 2.35. The number of carboxylic acids is 1. The van der Waals surface area contributed by atoms with Crippen molar-refractivity contribution >= 4 is 17.6 Å². The molecule has 0 bridgehead atoms. The molecule has 0 fully saturated rings. The lowest BCUT2D eigenvalue weighted by Gasteiger charge is -1.86. The van der Waals surface area contributed by atoms with E-state index in [1.807, 2.05) is 0 Å². The summed E-state index contributed by atoms with van der Waals surface area (Å²) in [5.74, 6) is -1.24. The summed E-state index contributed by atoms with van der Waals surface area (Å²) in [7, 11) is 1.39. The van der Waals surface area contributed by atoms with E-state index in [0.717, 1.165) is 4.68 Å². The van der Waals surface area contributed by atoms with E-state index in [4.69, 9.17) is 16.7 Å². The molecule has 0 unspecified atom stereocenters. The van der Waals surface area contributed by atoms with E-state index in [9.17, 15) is 9.59 Å². The van der Waals surface area contributed by atoms with Gasteiger partial charge >= 0.3 is 5.97 Å². The van der Waals surface area contributed by atoms with E-state index in [2.05, 4.69) is 5.10 Å². The minimum atomic E-state index is -1.24. The second-order valence-electron chi connectivity index (χ2n) is 1.97. The molecule has 0 aliphatic rings. The van der Waals surface area contributed by atoms with E-state index in [1.54, 1.807) is 0 Å². The van der Waals surface area contributed by atoms with Crippen LogP contribution in [0.1, 0.15) is 10.5 Å². The molecule has 0 spiro atoms. The molecule has 5 nitrogen and oxygen atoms in total. The van der Waals surface area contributed by atoms with Crippen molar-refractivity contribution in [1.82, 2.24) is 9.78 Å². The van der Waals surface area contributed by atoms with Gasteiger partial charge in [0.1, 0.15) is 5.02 Å². The zero-order valence-electron chi connectivity index (χ0n) is 5.59. The molecule has 1 aromatic heterocycles. The predicted octanol–water partition coefficient (Wildman–Crippen LogP) is 0.0650. The van der Waals surface area contributed by atoms with Gasteiger partial charge in [0.05, 0.1) is 0 Å². The summed E-state index contributed by atoms with van der Waals surface area (Å²) in [6.45, 7) is 0. The number of H-pyrrole nitrogens is 1. The molecule has 1 rings (SSSR count). The van der Waals surface area contributed by atoms with Crippen molar-refractivity contribution in [1.29, 1.82) is 0 Å². The molecule has 0 saturated heterocycles. The zero-order valence-corrected chi connectivity index (χ0v) is 6.34. The first-order valence-corrected chi connectivity index (χ1v) is 3.09. The van der Waals surface area contributed by atoms with Gasteiger partial charge in [0, 0.05) is 7.05 Å². The number of nitrogens with one attached hydrogen (secondary N) is 1. The van der Waals surface area contributed by atoms with Crippen molar-refractivity contribution in [2.24, 2.45) is 7.05 Å². The third-order valence-corrected chi connectivity index (χ3v) is 1.56. The molecule has 1 aromatic rings. The first-order valence-electron chi connectivity index (χ1n) is 2.72. The van der Waals surface area contributed by atoms with Crippen LogP contribution >= 0.6 is 11.6 Å². The minimum absolute atomic E-state index is 0.279. The number of nitrogens with zero attached hydrogens (tertiary/aromatic N) is 1. The summed E-state index contributed by atoms with van der Waals surface area (Å²) in [4.78, 5) is 21.1. The maximum Gasteiger partial charge on any atom is 0.355 e. The van der Waals surface area contributed by atoms with E-state index in [0.29, 0.717) is 0 Å². The minimum Gasteiger partial charge on any atom is -0.476 e. The van der Waals surface area contributed by atoms with Crippen LogP contribution in [0.5, 0.6) is 0 Å². The average molecular weight is 177 g/mol. The van der Waals surface area contributed by atoms with Crippen LogP contribution in [0.4, 0.5) is 0 Å². The maximum absolute atomic E-state index is 10.8. The Balaban J connectivity index is 3.42. The number of aromatic amines is 1. The van der Waals surface area contributed by atoms with Crippen LogP contribution in [0, 0.1) is 0 Å². The van der Waals surface area contributed by atoms with Crippen molar-refractivity contribution in [3.05, 3.63) is 21.1 Å². The number of aromatic carboxylic acids is 1. The van der Waals surface area contributed by atoms with Crippen molar-refractivity contribution < 1.29 is 9.90 Å². The molecule has 0 amide bonds. The Labute approximate surface area is 66.2 Å². The number of rotatable bonds is 1. The summed E-state index contributed by atoms with van der Waals surface area (Å²) >= 11 is 5.36. The van der Waals surface area contributed by atoms with Gasteiger partial charge in [0.15, 0.2) is 5.69 Å². The van der Waals surface area contributed by atoms with Crippen LogP contribution in [0.2, 0.25) is 5.02 Å². The largest absolute Gasteiger partial charge is 0.476 e. The monoisotopic (exact) mass is 176 g/mol. The van der Waals surface area contributed by atoms with Crippen molar-refractivity contribution in [3.63, 3.8) is 0 Å². The number of hydrogen-bond acceptors (Lipinski definition) is 2. The molecule has 0 aliphatic carbocycles. The van der Waals surface area contributed by atoms with Crippen molar-refractivity contribution in [2.45, 2.75) is 0 Å². The van der Waals surface area contributed by atoms with Crippen LogP contribution in [-0.4, -0.2) is 20.9 Å². The molecule has 0 aliphatic heterocycles. The lowest BCUT2D eigenvalue weighted by atomic mass is 10.4. The van der Waals surface area contributed by atoms with E-state index < -0.39 is 11.5 Å². The molecule has 0 radical (unpaired) electrons. The van der Waals surface area contributed by atoms with Gasteiger partial charge in [-0.1, -0.05) is 11.6 Å². The lowest BCUT2D eigenvalue weighted by Crippen LogP contribution is -2.11. The number of aromatic nitrogens is 2. The van der Waals surface area contributed by atoms with Gasteiger partial charge in [0.25, 0.3) is 5.56 Å². The van der Waals surface area contributed by atoms with Gasteiger partial charge in [-0.3, -0.25) is 14.6 Å². The van der Waals surface area contributed by atoms with Crippen LogP contribution in [0.15, 0.2) is 4.79 Å². The van der Waals surface area contributed by atoms with E-state index in [-0.39, 0.29) is 10.7 Å². The van der Waals surface area contributed by atoms with Gasteiger partial charge in [0.2, 0.25) is 0 Å². The molecule has 60 valence electrons. The number of aryl methyl sites for hydroxylation is 1. The lowest BCUT2D eigenvalue weighted by molar-refractivity contribution is 0.0690. The van der Waals surface area contributed by atoms with Crippen molar-refractivity contribution in [3.8, 4) is 0 Å². The molecule has 11 heavy (non-hydrogen) atoms. The predicted molar refractivity (Wildman–Crippen MR) is 38.0 cm³/mol. The highest BCUT2D eigenvalue weighted by molar-refractivity contribution is 6.33. The number of carboxylic acid groups (broad SMARTS) is 1. The van der Waals surface area contributed by atoms with Crippen LogP contribution in [-0.2, 0) is 7.05 Å². The molecule has 2 N–H and O–H groups in total. The Morgan fingerprint density at radius 2 is 2.27 bits per heavy atom. The molecular weight excluding hydrogens is 172 g/mol. The van der Waals surface area contributed by atoms with Crippen LogP contribution in [0.3, 0.4) is 0 Å². The van der Waals surface area contributed by atoms with E-state index in [1.165, 1.54) is 7.05 Å². The maximum atomic E-state index is 10.8. The normalized spacial score (nSPS) is 10.0. The Morgan fingerprint density at radius 1 is 1.73 bits per heavy atom. The average Bonchev–Trinajstić information content (AvgIpc) is 2.17. The fourth-order valence-corrected chi connectivity index (χ4v) is 0.913. The molecule has 0 aromatic carbocycles. The first-order chi connectivity index (χ1) is 5.04. The molecule has 0 atom stereocenters. The standard InChI is InChI=1S/C5H5ClN2O3/c1-8-4(9)2(6)3(7-8)5(10)11/h7H,1H3,(H,10,11). The van der Waals surface area contributed by atoms with E-state index >= 15 is 0 Å². The van der Waals surface area contributed by atoms with Gasteiger partial charge < -0.3 is 5.11 Å². The summed E-state index contributed by atoms with van der Waals surface area (Å²) in [6.07, 6.45) is 0. The number of carbonyl (C=O) groups is 1. The summed E-state index contributed by atoms with van der Waals surface area (Å²) in [5.41, 5.74) is -0.816. The second kappa shape index (κ2) is 2.43. The molecular formula is C5H5ClN2O3. The Bertz CT molecular complexity index is 351. The van der Waals surface area contributed by atoms with Gasteiger partial charge in [-0.25, -0.2) is 4.79 Å². The number of halogens is 1. The fraction of sp³-hybridized carbons (Fsp3) is 0.200. The van der Waals surface area contributed by atoms with Gasteiger partial charge in [-0.15, -0.1) is 0 Å². The van der Waals surface area contributed by atoms with Crippen molar-refractivity contribution in [2.75, 3.05) is 0 Å². The topological polar surface area (TPSA) is 75.1 Å². The zero-order chi connectivity index (χ0) is 8.59. The van der Waals surface area contributed by atoms with Crippen LogP contribution < -0.4 is 5.56 Å². The van der Waals surface area contributed by atoms with Gasteiger partial charge in [-0.05, 0) is 0 Å². The molecule has 1 heterocycles. The SMILES string of the molecule is Cn1[nH]c(C(=O)O)c(Cl)c1=O. The quantitative estimate of drug-likeness (QED) is 0.636. The van der Waals surface area contributed by atoms with Crippen LogP contribution in [0.25, 0.3) is 0 Å². The molecule has 0 saturated carbocycles. The third kappa shape index (κ3) is 1.14. The highest BCUT2D eigenvalue weighted by Crippen LogP contribution is 2.06. The number of hydrogen-bond donors (Lipinski definition) is 2. The summed E-state index contributed by atoms with van der Waals surface area (Å²) in [6, 6.07) is 0. The highest BCUT2D eigenvalue weighted by Gasteiger charge is 2.15. The summed E-state index contributed by atoms with van der Waals surface area (Å²) in [5, 5.41) is 10.4.